The lowest BCUT2D eigenvalue weighted by molar-refractivity contribution is -0.160. The van der Waals surface area contributed by atoms with Crippen molar-refractivity contribution in [2.75, 3.05) is 11.9 Å². The van der Waals surface area contributed by atoms with E-state index in [0.29, 0.717) is 27.7 Å². The lowest BCUT2D eigenvalue weighted by atomic mass is 9.91. The molecular formula is C33H28ClN3O5S. The zero-order valence-electron chi connectivity index (χ0n) is 23.9. The van der Waals surface area contributed by atoms with Crippen molar-refractivity contribution in [3.8, 4) is 38.7 Å². The first-order chi connectivity index (χ1) is 20.5. The van der Waals surface area contributed by atoms with E-state index >= 15 is 0 Å². The highest BCUT2D eigenvalue weighted by Gasteiger charge is 2.32. The molecule has 0 spiro atoms. The molecule has 1 amide bonds. The minimum atomic E-state index is -1.20. The number of nitrogens with zero attached hydrogens (tertiary/aromatic N) is 2. The minimum Gasteiger partial charge on any atom is -0.481 e. The molecule has 218 valence electrons. The normalized spacial score (nSPS) is 13.7. The third-order valence-electron chi connectivity index (χ3n) is 6.94. The number of hydrogen-bond acceptors (Lipinski definition) is 7. The van der Waals surface area contributed by atoms with Gasteiger partial charge < -0.3 is 19.9 Å². The number of aromatic nitrogens is 2. The summed E-state index contributed by atoms with van der Waals surface area (Å²) in [5, 5.41) is 14.5. The number of fused-ring (bicyclic) bond motifs is 2. The number of anilines is 1. The molecular weight excluding hydrogens is 586 g/mol. The van der Waals surface area contributed by atoms with Gasteiger partial charge in [-0.25, -0.2) is 9.78 Å². The number of nitrogens with one attached hydrogen (secondary N) is 1. The van der Waals surface area contributed by atoms with Crippen LogP contribution in [-0.2, 0) is 14.3 Å². The Morgan fingerprint density at radius 1 is 1.12 bits per heavy atom. The Morgan fingerprint density at radius 2 is 1.88 bits per heavy atom. The van der Waals surface area contributed by atoms with E-state index < -0.39 is 17.7 Å². The van der Waals surface area contributed by atoms with Gasteiger partial charge in [-0.15, -0.1) is 11.3 Å². The Balaban J connectivity index is 1.53. The van der Waals surface area contributed by atoms with Crippen molar-refractivity contribution < 1.29 is 24.2 Å². The van der Waals surface area contributed by atoms with Gasteiger partial charge in [-0.2, -0.15) is 0 Å². The third kappa shape index (κ3) is 5.71. The van der Waals surface area contributed by atoms with Crippen molar-refractivity contribution in [3.63, 3.8) is 0 Å². The highest BCUT2D eigenvalue weighted by molar-refractivity contribution is 7.22. The molecule has 1 atom stereocenters. The summed E-state index contributed by atoms with van der Waals surface area (Å²) in [5.41, 5.74) is 5.82. The fourth-order valence-corrected chi connectivity index (χ4v) is 6.44. The molecule has 1 aliphatic heterocycles. The Morgan fingerprint density at radius 3 is 2.60 bits per heavy atom. The number of aliphatic carboxylic acids is 1. The molecule has 3 aromatic carbocycles. The number of amides is 1. The van der Waals surface area contributed by atoms with E-state index in [2.05, 4.69) is 10.3 Å². The number of carbonyl (C=O) groups excluding carboxylic acids is 1. The van der Waals surface area contributed by atoms with Gasteiger partial charge >= 0.3 is 5.97 Å². The maximum Gasteiger partial charge on any atom is 0.337 e. The van der Waals surface area contributed by atoms with E-state index in [1.807, 2.05) is 70.2 Å². The number of aryl methyl sites for hydroxylation is 1. The molecule has 0 radical (unpaired) electrons. The molecule has 0 fully saturated rings. The maximum absolute atomic E-state index is 12.6. The highest BCUT2D eigenvalue weighted by Crippen LogP contribution is 2.45. The van der Waals surface area contributed by atoms with Crippen molar-refractivity contribution in [2.45, 2.75) is 39.4 Å². The second kappa shape index (κ2) is 11.1. The summed E-state index contributed by atoms with van der Waals surface area (Å²) in [7, 11) is 0. The number of para-hydroxylation sites is 1. The van der Waals surface area contributed by atoms with Crippen molar-refractivity contribution in [1.82, 2.24) is 9.97 Å². The lowest BCUT2D eigenvalue weighted by Crippen LogP contribution is -2.28. The summed E-state index contributed by atoms with van der Waals surface area (Å²) in [6.45, 7) is 7.35. The molecule has 0 aliphatic carbocycles. The van der Waals surface area contributed by atoms with Gasteiger partial charge in [0.1, 0.15) is 5.01 Å². The molecule has 10 heteroatoms. The van der Waals surface area contributed by atoms with Crippen LogP contribution in [0.25, 0.3) is 43.2 Å². The van der Waals surface area contributed by atoms with Crippen LogP contribution in [-0.4, -0.2) is 39.2 Å². The van der Waals surface area contributed by atoms with E-state index in [1.54, 1.807) is 24.4 Å². The Kier molecular flexibility index (Phi) is 7.41. The summed E-state index contributed by atoms with van der Waals surface area (Å²) in [4.78, 5) is 34.0. The third-order valence-corrected chi connectivity index (χ3v) is 8.33. The molecule has 0 saturated heterocycles. The lowest BCUT2D eigenvalue weighted by Gasteiger charge is -2.28. The van der Waals surface area contributed by atoms with Gasteiger partial charge in [0.2, 0.25) is 0 Å². The van der Waals surface area contributed by atoms with E-state index in [1.165, 1.54) is 11.3 Å². The number of benzene rings is 3. The predicted octanol–water partition coefficient (Wildman–Crippen LogP) is 7.93. The monoisotopic (exact) mass is 613 g/mol. The molecule has 0 bridgehead atoms. The molecule has 3 heterocycles. The zero-order valence-corrected chi connectivity index (χ0v) is 25.5. The molecule has 1 aliphatic rings. The topological polar surface area (TPSA) is 111 Å². The quantitative estimate of drug-likeness (QED) is 0.200. The van der Waals surface area contributed by atoms with Gasteiger partial charge in [0.15, 0.2) is 18.5 Å². The second-order valence-corrected chi connectivity index (χ2v) is 12.7. The van der Waals surface area contributed by atoms with Crippen LogP contribution in [0.15, 0.2) is 66.9 Å². The van der Waals surface area contributed by atoms with Crippen LogP contribution in [0.2, 0.25) is 5.02 Å². The molecule has 0 saturated carbocycles. The Bertz CT molecular complexity index is 1900. The molecule has 5 aromatic rings. The van der Waals surface area contributed by atoms with Crippen LogP contribution >= 0.6 is 22.9 Å². The number of hydrogen-bond donors (Lipinski definition) is 2. The maximum atomic E-state index is 12.6. The fraction of sp³-hybridized carbons (Fsp3) is 0.212. The molecule has 8 nitrogen and oxygen atoms in total. The van der Waals surface area contributed by atoms with Gasteiger partial charge in [-0.05, 0) is 81.3 Å². The van der Waals surface area contributed by atoms with Gasteiger partial charge in [0, 0.05) is 33.5 Å². The SMILES string of the molecule is Cc1cc2nc(-c3ccnc(-c4cccc5c4OCC(=O)N5)c3)sc2c(-c2ccc(Cl)cc2)c1[C@H](OC(C)(C)C)C(=O)O. The summed E-state index contributed by atoms with van der Waals surface area (Å²) in [5.74, 6) is -0.703. The molecule has 2 N–H and O–H groups in total. The van der Waals surface area contributed by atoms with Crippen molar-refractivity contribution >= 4 is 50.7 Å². The molecule has 2 aromatic heterocycles. The fourth-order valence-electron chi connectivity index (χ4n) is 5.19. The standard InChI is InChI=1S/C33H28ClN3O5S/c1-17-14-24-30(27(18-8-10-20(34)11-9-18)26(17)29(32(39)40)42-33(2,3)4)43-31(37-24)19-12-13-35-23(15-19)21-6-5-7-22-28(21)41-16-25(38)36-22/h5-15,29H,16H2,1-4H3,(H,36,38)(H,39,40)/t29-/m0/s1. The number of thiazole rings is 1. The van der Waals surface area contributed by atoms with Gasteiger partial charge in [-0.3, -0.25) is 9.78 Å². The first-order valence-corrected chi connectivity index (χ1v) is 14.8. The summed E-state index contributed by atoms with van der Waals surface area (Å²) in [6, 6.07) is 18.6. The van der Waals surface area contributed by atoms with E-state index in [4.69, 9.17) is 26.1 Å². The van der Waals surface area contributed by atoms with Gasteiger partial charge in [0.25, 0.3) is 5.91 Å². The van der Waals surface area contributed by atoms with E-state index in [-0.39, 0.29) is 12.5 Å². The number of carboxylic acid groups (broad SMARTS) is 1. The number of ether oxygens (including phenoxy) is 2. The van der Waals surface area contributed by atoms with Crippen molar-refractivity contribution in [2.24, 2.45) is 0 Å². The van der Waals surface area contributed by atoms with Gasteiger partial charge in [0.05, 0.1) is 27.2 Å². The zero-order chi connectivity index (χ0) is 30.5. The summed E-state index contributed by atoms with van der Waals surface area (Å²) in [6.07, 6.45) is 0.518. The van der Waals surface area contributed by atoms with Crippen molar-refractivity contribution in [3.05, 3.63) is 83.0 Å². The Hall–Kier alpha value is -4.31. The van der Waals surface area contributed by atoms with E-state index in [9.17, 15) is 14.7 Å². The number of carbonyl (C=O) groups is 2. The minimum absolute atomic E-state index is 0.0625. The van der Waals surface area contributed by atoms with Crippen LogP contribution in [0.1, 0.15) is 38.0 Å². The largest absolute Gasteiger partial charge is 0.481 e. The number of halogens is 1. The second-order valence-electron chi connectivity index (χ2n) is 11.3. The first kappa shape index (κ1) is 28.8. The smallest absolute Gasteiger partial charge is 0.337 e. The highest BCUT2D eigenvalue weighted by atomic mass is 35.5. The predicted molar refractivity (Wildman–Crippen MR) is 169 cm³/mol. The molecule has 0 unspecified atom stereocenters. The van der Waals surface area contributed by atoms with E-state index in [0.717, 1.165) is 43.0 Å². The van der Waals surface area contributed by atoms with Gasteiger partial charge in [-0.1, -0.05) is 29.8 Å². The Labute approximate surface area is 257 Å². The summed E-state index contributed by atoms with van der Waals surface area (Å²) >= 11 is 7.70. The van der Waals surface area contributed by atoms with Crippen LogP contribution in [0.3, 0.4) is 0 Å². The van der Waals surface area contributed by atoms with Crippen LogP contribution in [0, 0.1) is 6.92 Å². The van der Waals surface area contributed by atoms with Crippen LogP contribution in [0.4, 0.5) is 5.69 Å². The molecule has 43 heavy (non-hydrogen) atoms. The summed E-state index contributed by atoms with van der Waals surface area (Å²) < 4.78 is 12.7. The number of pyridine rings is 1. The number of carboxylic acids is 1. The van der Waals surface area contributed by atoms with Crippen molar-refractivity contribution in [1.29, 1.82) is 0 Å². The number of rotatable bonds is 6. The average Bonchev–Trinajstić information content (AvgIpc) is 3.38. The molecule has 6 rings (SSSR count). The average molecular weight is 614 g/mol. The van der Waals surface area contributed by atoms with Crippen LogP contribution < -0.4 is 10.1 Å². The first-order valence-electron chi connectivity index (χ1n) is 13.6. The van der Waals surface area contributed by atoms with Crippen LogP contribution in [0.5, 0.6) is 5.75 Å².